The van der Waals surface area contributed by atoms with Crippen molar-refractivity contribution in [1.29, 1.82) is 0 Å². The summed E-state index contributed by atoms with van der Waals surface area (Å²) in [6, 6.07) is 0.297. The number of amides is 1. The van der Waals surface area contributed by atoms with E-state index in [1.807, 2.05) is 24.2 Å². The molecule has 2 aromatic heterocycles. The molecule has 4 rings (SSSR count). The molecule has 1 amide bonds. The minimum Gasteiger partial charge on any atom is -0.334 e. The number of nitrogens with one attached hydrogen (secondary N) is 1. The minimum atomic E-state index is 0.0721. The van der Waals surface area contributed by atoms with Crippen LogP contribution in [-0.2, 0) is 19.5 Å². The zero-order chi connectivity index (χ0) is 18.1. The van der Waals surface area contributed by atoms with Gasteiger partial charge < -0.3 is 14.8 Å². The molecule has 3 heterocycles. The van der Waals surface area contributed by atoms with E-state index in [4.69, 9.17) is 0 Å². The lowest BCUT2D eigenvalue weighted by Crippen LogP contribution is -2.39. The molecule has 0 radical (unpaired) electrons. The first-order valence-electron chi connectivity index (χ1n) is 9.51. The smallest absolute Gasteiger partial charge is 0.268 e. The van der Waals surface area contributed by atoms with Gasteiger partial charge in [0.25, 0.3) is 5.91 Å². The number of hydrogen-bond acceptors (Lipinski definition) is 6. The predicted octanol–water partition coefficient (Wildman–Crippen LogP) is 2.10. The second-order valence-corrected chi connectivity index (χ2v) is 8.05. The molecule has 0 unspecified atom stereocenters. The summed E-state index contributed by atoms with van der Waals surface area (Å²) in [6.07, 6.45) is 7.92. The molecular formula is C18H26N6OS. The number of aromatic nitrogens is 4. The van der Waals surface area contributed by atoms with Crippen LogP contribution in [0.4, 0.5) is 0 Å². The Morgan fingerprint density at radius 2 is 2.23 bits per heavy atom. The number of hydrogen-bond donors (Lipinski definition) is 1. The number of piperidine rings is 1. The highest BCUT2D eigenvalue weighted by Gasteiger charge is 2.58. The van der Waals surface area contributed by atoms with Gasteiger partial charge in [0.05, 0.1) is 12.2 Å². The van der Waals surface area contributed by atoms with Gasteiger partial charge in [-0.05, 0) is 62.6 Å². The molecule has 0 bridgehead atoms. The molecule has 7 nitrogen and oxygen atoms in total. The first kappa shape index (κ1) is 17.6. The van der Waals surface area contributed by atoms with E-state index in [0.29, 0.717) is 17.5 Å². The quantitative estimate of drug-likeness (QED) is 0.838. The third-order valence-electron chi connectivity index (χ3n) is 5.92. The monoisotopic (exact) mass is 374 g/mol. The van der Waals surface area contributed by atoms with Gasteiger partial charge in [0, 0.05) is 25.0 Å². The van der Waals surface area contributed by atoms with Gasteiger partial charge in [-0.15, -0.1) is 5.10 Å². The lowest BCUT2D eigenvalue weighted by Gasteiger charge is -2.29. The van der Waals surface area contributed by atoms with Gasteiger partial charge in [-0.3, -0.25) is 4.79 Å². The largest absolute Gasteiger partial charge is 0.334 e. The van der Waals surface area contributed by atoms with Crippen LogP contribution in [0, 0.1) is 5.41 Å². The fraction of sp³-hybridized carbons (Fsp3) is 0.667. The topological polar surface area (TPSA) is 75.9 Å². The Kier molecular flexibility index (Phi) is 4.79. The third kappa shape index (κ3) is 3.05. The zero-order valence-corrected chi connectivity index (χ0v) is 16.3. The van der Waals surface area contributed by atoms with E-state index in [1.54, 1.807) is 0 Å². The summed E-state index contributed by atoms with van der Waals surface area (Å²) in [5.74, 6) is 1.02. The van der Waals surface area contributed by atoms with Crippen LogP contribution < -0.4 is 5.32 Å². The molecule has 1 saturated heterocycles. The maximum absolute atomic E-state index is 13.4. The predicted molar refractivity (Wildman–Crippen MR) is 100 cm³/mol. The van der Waals surface area contributed by atoms with Crippen LogP contribution in [0.1, 0.15) is 54.3 Å². The van der Waals surface area contributed by atoms with Crippen LogP contribution in [0.3, 0.4) is 0 Å². The van der Waals surface area contributed by atoms with Gasteiger partial charge in [-0.2, -0.15) is 0 Å². The summed E-state index contributed by atoms with van der Waals surface area (Å²) >= 11 is 1.22. The number of imidazole rings is 1. The Hall–Kier alpha value is -1.80. The summed E-state index contributed by atoms with van der Waals surface area (Å²) in [6.45, 7) is 7.63. The highest BCUT2D eigenvalue weighted by molar-refractivity contribution is 7.08. The minimum absolute atomic E-state index is 0.0721. The summed E-state index contributed by atoms with van der Waals surface area (Å²) in [7, 11) is 0. The number of carbonyl (C=O) groups excluding carboxylic acids is 1. The van der Waals surface area contributed by atoms with Crippen molar-refractivity contribution in [3.8, 4) is 0 Å². The average Bonchev–Trinajstić information content (AvgIpc) is 3.07. The molecule has 1 spiro atoms. The average molecular weight is 375 g/mol. The van der Waals surface area contributed by atoms with E-state index >= 15 is 0 Å². The molecule has 2 fully saturated rings. The highest BCUT2D eigenvalue weighted by atomic mass is 32.1. The SMILES string of the molecule is CCc1nnsc1C(=O)N(Cc1nccn1CC)[C@@H]1CC12CCNCC2. The molecule has 1 aliphatic carbocycles. The molecule has 1 atom stereocenters. The van der Waals surface area contributed by atoms with Crippen molar-refractivity contribution in [3.63, 3.8) is 0 Å². The lowest BCUT2D eigenvalue weighted by atomic mass is 9.93. The number of carbonyl (C=O) groups is 1. The molecule has 2 aliphatic rings. The molecule has 2 aromatic rings. The van der Waals surface area contributed by atoms with Crippen molar-refractivity contribution < 1.29 is 4.79 Å². The molecule has 8 heteroatoms. The van der Waals surface area contributed by atoms with Gasteiger partial charge in [-0.25, -0.2) is 4.98 Å². The highest BCUT2D eigenvalue weighted by Crippen LogP contribution is 2.56. The van der Waals surface area contributed by atoms with Crippen LogP contribution in [0.5, 0.6) is 0 Å². The van der Waals surface area contributed by atoms with Crippen LogP contribution in [0.25, 0.3) is 0 Å². The molecule has 1 saturated carbocycles. The molecular weight excluding hydrogens is 348 g/mol. The van der Waals surface area contributed by atoms with E-state index in [-0.39, 0.29) is 11.3 Å². The summed E-state index contributed by atoms with van der Waals surface area (Å²) in [5.41, 5.74) is 1.10. The first-order valence-corrected chi connectivity index (χ1v) is 10.3. The van der Waals surface area contributed by atoms with E-state index in [2.05, 4.69) is 31.4 Å². The summed E-state index contributed by atoms with van der Waals surface area (Å²) < 4.78 is 6.14. The fourth-order valence-electron chi connectivity index (χ4n) is 4.22. The van der Waals surface area contributed by atoms with Crippen LogP contribution in [-0.4, -0.2) is 49.1 Å². The first-order chi connectivity index (χ1) is 12.7. The maximum Gasteiger partial charge on any atom is 0.268 e. The third-order valence-corrected chi connectivity index (χ3v) is 6.68. The van der Waals surface area contributed by atoms with Gasteiger partial charge >= 0.3 is 0 Å². The summed E-state index contributed by atoms with van der Waals surface area (Å²) in [5, 5.41) is 7.58. The van der Waals surface area contributed by atoms with Crippen molar-refractivity contribution in [2.45, 2.75) is 58.7 Å². The van der Waals surface area contributed by atoms with Crippen molar-refractivity contribution in [2.75, 3.05) is 13.1 Å². The number of aryl methyl sites for hydroxylation is 2. The van der Waals surface area contributed by atoms with E-state index < -0.39 is 0 Å². The molecule has 0 aromatic carbocycles. The molecule has 1 N–H and O–H groups in total. The van der Waals surface area contributed by atoms with Crippen LogP contribution in [0.2, 0.25) is 0 Å². The number of rotatable bonds is 6. The van der Waals surface area contributed by atoms with E-state index in [0.717, 1.165) is 56.8 Å². The fourth-order valence-corrected chi connectivity index (χ4v) is 4.92. The lowest BCUT2D eigenvalue weighted by molar-refractivity contribution is 0.0688. The standard InChI is InChI=1S/C18H26N6OS/c1-3-13-16(26-22-21-13)17(25)24(12-15-20-9-10-23(15)4-2)14-11-18(14)5-7-19-8-6-18/h9-10,14,19H,3-8,11-12H2,1-2H3/t14-/m1/s1. The van der Waals surface area contributed by atoms with E-state index in [1.165, 1.54) is 11.5 Å². The van der Waals surface area contributed by atoms with Crippen molar-refractivity contribution in [2.24, 2.45) is 5.41 Å². The van der Waals surface area contributed by atoms with Gasteiger partial charge in [0.2, 0.25) is 0 Å². The summed E-state index contributed by atoms with van der Waals surface area (Å²) in [4.78, 5) is 20.7. The van der Waals surface area contributed by atoms with Crippen molar-refractivity contribution in [1.82, 2.24) is 29.4 Å². The van der Waals surface area contributed by atoms with Gasteiger partial charge in [0.1, 0.15) is 10.7 Å². The zero-order valence-electron chi connectivity index (χ0n) is 15.4. The second kappa shape index (κ2) is 7.08. The van der Waals surface area contributed by atoms with Crippen molar-refractivity contribution >= 4 is 17.4 Å². The Morgan fingerprint density at radius 3 is 2.96 bits per heavy atom. The van der Waals surface area contributed by atoms with Gasteiger partial charge in [0.15, 0.2) is 0 Å². The Bertz CT molecular complexity index is 778. The van der Waals surface area contributed by atoms with Gasteiger partial charge in [-0.1, -0.05) is 11.4 Å². The molecule has 140 valence electrons. The maximum atomic E-state index is 13.4. The Morgan fingerprint density at radius 1 is 1.42 bits per heavy atom. The number of nitrogens with zero attached hydrogens (tertiary/aromatic N) is 5. The van der Waals surface area contributed by atoms with E-state index in [9.17, 15) is 4.79 Å². The molecule has 1 aliphatic heterocycles. The second-order valence-electron chi connectivity index (χ2n) is 7.30. The normalized spacial score (nSPS) is 21.1. The Labute approximate surface area is 158 Å². The van der Waals surface area contributed by atoms with Crippen molar-refractivity contribution in [3.05, 3.63) is 28.8 Å². The molecule has 26 heavy (non-hydrogen) atoms. The van der Waals surface area contributed by atoms with Crippen LogP contribution in [0.15, 0.2) is 12.4 Å². The van der Waals surface area contributed by atoms with Crippen LogP contribution >= 0.6 is 11.5 Å². The Balaban J connectivity index is 1.62.